The van der Waals surface area contributed by atoms with Gasteiger partial charge in [0.25, 0.3) is 0 Å². The Morgan fingerprint density at radius 1 is 1.53 bits per heavy atom. The molecule has 1 aromatic rings. The van der Waals surface area contributed by atoms with Crippen molar-refractivity contribution in [2.45, 2.75) is 32.4 Å². The zero-order valence-electron chi connectivity index (χ0n) is 10.8. The molecule has 0 aliphatic carbocycles. The number of carboxylic acid groups (broad SMARTS) is 1. The van der Waals surface area contributed by atoms with Crippen molar-refractivity contribution in [2.24, 2.45) is 5.92 Å². The Morgan fingerprint density at radius 2 is 2.32 bits per heavy atom. The maximum Gasteiger partial charge on any atom is 0.371 e. The minimum Gasteiger partial charge on any atom is -0.475 e. The molecular formula is C13H18N2O4. The van der Waals surface area contributed by atoms with E-state index in [0.717, 1.165) is 19.4 Å². The molecule has 2 rings (SSSR count). The van der Waals surface area contributed by atoms with Crippen molar-refractivity contribution in [1.29, 1.82) is 0 Å². The lowest BCUT2D eigenvalue weighted by Crippen LogP contribution is -2.50. The summed E-state index contributed by atoms with van der Waals surface area (Å²) in [6, 6.07) is 2.76. The zero-order chi connectivity index (χ0) is 13.8. The van der Waals surface area contributed by atoms with Crippen LogP contribution in [0, 0.1) is 5.92 Å². The summed E-state index contributed by atoms with van der Waals surface area (Å²) in [5, 5.41) is 14.7. The number of carboxylic acids is 1. The maximum absolute atomic E-state index is 12.0. The molecule has 6 nitrogen and oxygen atoms in total. The highest BCUT2D eigenvalue weighted by Crippen LogP contribution is 2.15. The van der Waals surface area contributed by atoms with Crippen LogP contribution in [0.25, 0.3) is 0 Å². The van der Waals surface area contributed by atoms with Gasteiger partial charge >= 0.3 is 5.97 Å². The van der Waals surface area contributed by atoms with Crippen LogP contribution in [0.3, 0.4) is 0 Å². The monoisotopic (exact) mass is 266 g/mol. The molecule has 0 radical (unpaired) electrons. The van der Waals surface area contributed by atoms with Crippen molar-refractivity contribution in [3.05, 3.63) is 23.7 Å². The smallest absolute Gasteiger partial charge is 0.371 e. The molecular weight excluding hydrogens is 248 g/mol. The van der Waals surface area contributed by atoms with Gasteiger partial charge in [0.15, 0.2) is 0 Å². The average Bonchev–Trinajstić information content (AvgIpc) is 2.85. The molecule has 0 aromatic carbocycles. The molecule has 2 heterocycles. The average molecular weight is 266 g/mol. The van der Waals surface area contributed by atoms with Crippen molar-refractivity contribution < 1.29 is 19.1 Å². The van der Waals surface area contributed by atoms with E-state index >= 15 is 0 Å². The number of nitrogens with one attached hydrogen (secondary N) is 2. The van der Waals surface area contributed by atoms with E-state index in [2.05, 4.69) is 10.6 Å². The van der Waals surface area contributed by atoms with E-state index < -0.39 is 5.97 Å². The Bertz CT molecular complexity index is 469. The fourth-order valence-corrected chi connectivity index (χ4v) is 2.27. The van der Waals surface area contributed by atoms with Crippen LogP contribution in [0.2, 0.25) is 0 Å². The van der Waals surface area contributed by atoms with Gasteiger partial charge in [0, 0.05) is 0 Å². The minimum absolute atomic E-state index is 0.0690. The second kappa shape index (κ2) is 5.88. The standard InChI is InChI=1S/C13H18N2O4/c1-8-3-2-6-14-11(8)12(16)15-7-9-4-5-10(19-9)13(17)18/h4-5,8,11,14H,2-3,6-7H2,1H3,(H,15,16)(H,17,18). The van der Waals surface area contributed by atoms with Crippen LogP contribution in [0.15, 0.2) is 16.5 Å². The lowest BCUT2D eigenvalue weighted by molar-refractivity contribution is -0.125. The van der Waals surface area contributed by atoms with Gasteiger partial charge in [-0.1, -0.05) is 6.92 Å². The van der Waals surface area contributed by atoms with Crippen LogP contribution in [-0.4, -0.2) is 29.6 Å². The summed E-state index contributed by atoms with van der Waals surface area (Å²) >= 11 is 0. The summed E-state index contributed by atoms with van der Waals surface area (Å²) < 4.78 is 5.07. The second-order valence-electron chi connectivity index (χ2n) is 4.84. The van der Waals surface area contributed by atoms with Gasteiger partial charge in [0.1, 0.15) is 5.76 Å². The SMILES string of the molecule is CC1CCCNC1C(=O)NCc1ccc(C(=O)O)o1. The first-order valence-corrected chi connectivity index (χ1v) is 6.41. The van der Waals surface area contributed by atoms with Crippen LogP contribution < -0.4 is 10.6 Å². The summed E-state index contributed by atoms with van der Waals surface area (Å²) in [4.78, 5) is 22.6. The predicted molar refractivity (Wildman–Crippen MR) is 67.7 cm³/mol. The van der Waals surface area contributed by atoms with Crippen molar-refractivity contribution in [1.82, 2.24) is 10.6 Å². The van der Waals surface area contributed by atoms with Crippen LogP contribution in [0.1, 0.15) is 36.1 Å². The number of hydrogen-bond donors (Lipinski definition) is 3. The molecule has 6 heteroatoms. The molecule has 1 saturated heterocycles. The summed E-state index contributed by atoms with van der Waals surface area (Å²) in [6.07, 6.45) is 2.13. The molecule has 0 bridgehead atoms. The van der Waals surface area contributed by atoms with Gasteiger partial charge in [-0.3, -0.25) is 4.79 Å². The molecule has 1 fully saturated rings. The normalized spacial score (nSPS) is 23.0. The van der Waals surface area contributed by atoms with Crippen LogP contribution in [0.5, 0.6) is 0 Å². The second-order valence-corrected chi connectivity index (χ2v) is 4.84. The third-order valence-corrected chi connectivity index (χ3v) is 3.36. The number of carbonyl (C=O) groups excluding carboxylic acids is 1. The first-order valence-electron chi connectivity index (χ1n) is 6.41. The molecule has 104 valence electrons. The summed E-state index contributed by atoms with van der Waals surface area (Å²) in [5.74, 6) is -0.553. The zero-order valence-corrected chi connectivity index (χ0v) is 10.8. The molecule has 1 aliphatic rings. The molecule has 2 unspecified atom stereocenters. The molecule has 1 aromatic heterocycles. The summed E-state index contributed by atoms with van der Waals surface area (Å²) in [7, 11) is 0. The summed E-state index contributed by atoms with van der Waals surface area (Å²) in [6.45, 7) is 3.11. The number of piperidine rings is 1. The van der Waals surface area contributed by atoms with Crippen molar-refractivity contribution in [2.75, 3.05) is 6.54 Å². The van der Waals surface area contributed by atoms with Crippen LogP contribution >= 0.6 is 0 Å². The van der Waals surface area contributed by atoms with Gasteiger partial charge in [-0.2, -0.15) is 0 Å². The quantitative estimate of drug-likeness (QED) is 0.755. The molecule has 19 heavy (non-hydrogen) atoms. The number of rotatable bonds is 4. The van der Waals surface area contributed by atoms with Gasteiger partial charge in [-0.05, 0) is 37.4 Å². The fourth-order valence-electron chi connectivity index (χ4n) is 2.27. The Labute approximate surface area is 111 Å². The predicted octanol–water partition coefficient (Wildman–Crippen LogP) is 0.982. The third-order valence-electron chi connectivity index (χ3n) is 3.36. The Hall–Kier alpha value is -1.82. The van der Waals surface area contributed by atoms with Gasteiger partial charge in [0.2, 0.25) is 11.7 Å². The summed E-state index contributed by atoms with van der Waals surface area (Å²) in [5.41, 5.74) is 0. The van der Waals surface area contributed by atoms with E-state index in [1.165, 1.54) is 6.07 Å². The molecule has 0 spiro atoms. The van der Waals surface area contributed by atoms with Gasteiger partial charge in [-0.25, -0.2) is 4.79 Å². The van der Waals surface area contributed by atoms with Gasteiger partial charge in [0.05, 0.1) is 12.6 Å². The Balaban J connectivity index is 1.87. The van der Waals surface area contributed by atoms with E-state index in [1.54, 1.807) is 6.07 Å². The van der Waals surface area contributed by atoms with Gasteiger partial charge < -0.3 is 20.2 Å². The first kappa shape index (κ1) is 13.6. The molecule has 3 N–H and O–H groups in total. The van der Waals surface area contributed by atoms with Crippen molar-refractivity contribution >= 4 is 11.9 Å². The fraction of sp³-hybridized carbons (Fsp3) is 0.538. The molecule has 0 saturated carbocycles. The largest absolute Gasteiger partial charge is 0.475 e. The highest BCUT2D eigenvalue weighted by atomic mass is 16.4. The van der Waals surface area contributed by atoms with Crippen LogP contribution in [0.4, 0.5) is 0 Å². The van der Waals surface area contributed by atoms with Crippen molar-refractivity contribution in [3.8, 4) is 0 Å². The van der Waals surface area contributed by atoms with Crippen molar-refractivity contribution in [3.63, 3.8) is 0 Å². The maximum atomic E-state index is 12.0. The minimum atomic E-state index is -1.11. The third kappa shape index (κ3) is 3.35. The lowest BCUT2D eigenvalue weighted by Gasteiger charge is -2.28. The van der Waals surface area contributed by atoms with E-state index in [-0.39, 0.29) is 24.3 Å². The highest BCUT2D eigenvalue weighted by molar-refractivity contribution is 5.84. The Kier molecular flexibility index (Phi) is 4.21. The number of hydrogen-bond acceptors (Lipinski definition) is 4. The molecule has 1 amide bonds. The number of furan rings is 1. The van der Waals surface area contributed by atoms with Gasteiger partial charge in [-0.15, -0.1) is 0 Å². The topological polar surface area (TPSA) is 91.6 Å². The first-order chi connectivity index (χ1) is 9.08. The molecule has 2 atom stereocenters. The van der Waals surface area contributed by atoms with E-state index in [9.17, 15) is 9.59 Å². The number of aromatic carboxylic acids is 1. The van der Waals surface area contributed by atoms with E-state index in [4.69, 9.17) is 9.52 Å². The van der Waals surface area contributed by atoms with Crippen LogP contribution in [-0.2, 0) is 11.3 Å². The number of carbonyl (C=O) groups is 2. The van der Waals surface area contributed by atoms with E-state index in [1.807, 2.05) is 6.92 Å². The Morgan fingerprint density at radius 3 is 2.95 bits per heavy atom. The molecule has 1 aliphatic heterocycles. The highest BCUT2D eigenvalue weighted by Gasteiger charge is 2.27. The lowest BCUT2D eigenvalue weighted by atomic mass is 9.92. The van der Waals surface area contributed by atoms with E-state index in [0.29, 0.717) is 11.7 Å². The number of amides is 1.